The van der Waals surface area contributed by atoms with Crippen LogP contribution in [0.3, 0.4) is 0 Å². The van der Waals surface area contributed by atoms with Gasteiger partial charge in [-0.05, 0) is 29.1 Å². The van der Waals surface area contributed by atoms with E-state index in [2.05, 4.69) is 5.32 Å². The van der Waals surface area contributed by atoms with E-state index in [-0.39, 0.29) is 30.1 Å². The molecule has 140 valence electrons. The molecule has 1 aromatic heterocycles. The lowest BCUT2D eigenvalue weighted by molar-refractivity contribution is -0.152. The summed E-state index contributed by atoms with van der Waals surface area (Å²) in [5, 5.41) is 4.60. The van der Waals surface area contributed by atoms with Crippen LogP contribution in [-0.2, 0) is 16.0 Å². The molecule has 27 heavy (non-hydrogen) atoms. The zero-order valence-electron chi connectivity index (χ0n) is 14.4. The molecule has 4 rings (SSSR count). The number of halogens is 1. The first-order valence-corrected chi connectivity index (χ1v) is 9.59. The number of benzene rings is 1. The van der Waals surface area contributed by atoms with E-state index in [0.717, 1.165) is 5.56 Å². The molecule has 1 aromatic carbocycles. The van der Waals surface area contributed by atoms with Crippen molar-refractivity contribution in [3.05, 3.63) is 58.0 Å². The van der Waals surface area contributed by atoms with Crippen molar-refractivity contribution in [2.75, 3.05) is 19.6 Å². The summed E-state index contributed by atoms with van der Waals surface area (Å²) in [6.45, 7) is 0.918. The molecule has 0 saturated carbocycles. The van der Waals surface area contributed by atoms with Gasteiger partial charge in [-0.25, -0.2) is 4.39 Å². The van der Waals surface area contributed by atoms with Gasteiger partial charge in [-0.3, -0.25) is 14.4 Å². The number of carbonyl (C=O) groups excluding carboxylic acids is 3. The van der Waals surface area contributed by atoms with Crippen molar-refractivity contribution in [2.24, 2.45) is 0 Å². The highest BCUT2D eigenvalue weighted by atomic mass is 32.1. The van der Waals surface area contributed by atoms with Crippen LogP contribution in [0.2, 0.25) is 0 Å². The average molecular weight is 387 g/mol. The third-order valence-corrected chi connectivity index (χ3v) is 5.81. The number of hydrogen-bond acceptors (Lipinski definition) is 4. The first-order chi connectivity index (χ1) is 13.0. The van der Waals surface area contributed by atoms with Gasteiger partial charge in [0.25, 0.3) is 5.91 Å². The van der Waals surface area contributed by atoms with Gasteiger partial charge in [-0.15, -0.1) is 11.3 Å². The van der Waals surface area contributed by atoms with E-state index in [0.29, 0.717) is 24.4 Å². The van der Waals surface area contributed by atoms with Gasteiger partial charge < -0.3 is 15.1 Å². The number of amides is 3. The third-order valence-electron chi connectivity index (χ3n) is 4.95. The minimum atomic E-state index is -0.668. The van der Waals surface area contributed by atoms with E-state index < -0.39 is 12.1 Å². The molecular weight excluding hydrogens is 369 g/mol. The average Bonchev–Trinajstić information content (AvgIpc) is 3.21. The molecule has 2 aromatic rings. The van der Waals surface area contributed by atoms with E-state index in [1.807, 2.05) is 11.4 Å². The second-order valence-corrected chi connectivity index (χ2v) is 7.62. The summed E-state index contributed by atoms with van der Waals surface area (Å²) in [6.07, 6.45) is 0.311. The second kappa shape index (κ2) is 7.11. The maximum absolute atomic E-state index is 13.1. The summed E-state index contributed by atoms with van der Waals surface area (Å²) < 4.78 is 13.1. The van der Waals surface area contributed by atoms with Crippen LogP contribution in [0.1, 0.15) is 15.2 Å². The Hall–Kier alpha value is -2.74. The lowest BCUT2D eigenvalue weighted by Gasteiger charge is -2.45. The molecule has 6 nitrogen and oxygen atoms in total. The summed E-state index contributed by atoms with van der Waals surface area (Å²) in [5.41, 5.74) is 0.778. The molecule has 2 aliphatic rings. The zero-order valence-corrected chi connectivity index (χ0v) is 15.2. The SMILES string of the molecule is O=C1N[C@@H](Cc2ccc(F)cc2)C(=O)N2CCN(C(=O)c3cccs3)C[C@@H]12. The van der Waals surface area contributed by atoms with Crippen molar-refractivity contribution in [2.45, 2.75) is 18.5 Å². The Morgan fingerprint density at radius 2 is 1.96 bits per heavy atom. The molecule has 0 bridgehead atoms. The number of nitrogens with zero attached hydrogens (tertiary/aromatic N) is 2. The summed E-state index contributed by atoms with van der Waals surface area (Å²) in [7, 11) is 0. The quantitative estimate of drug-likeness (QED) is 0.863. The Morgan fingerprint density at radius 1 is 1.19 bits per heavy atom. The topological polar surface area (TPSA) is 69.7 Å². The van der Waals surface area contributed by atoms with Crippen LogP contribution >= 0.6 is 11.3 Å². The van der Waals surface area contributed by atoms with Crippen LogP contribution in [-0.4, -0.2) is 59.2 Å². The summed E-state index contributed by atoms with van der Waals surface area (Å²) in [6, 6.07) is 8.12. The Balaban J connectivity index is 1.45. The standard InChI is InChI=1S/C19H18FN3O3S/c20-13-5-3-12(4-6-13)10-14-18(25)23-8-7-22(11-15(23)17(24)21-14)19(26)16-2-1-9-27-16/h1-6,9,14-15H,7-8,10-11H2,(H,21,24)/t14-,15-/m0/s1. The minimum Gasteiger partial charge on any atom is -0.342 e. The highest BCUT2D eigenvalue weighted by Gasteiger charge is 2.44. The lowest BCUT2D eigenvalue weighted by atomic mass is 9.98. The number of nitrogens with one attached hydrogen (secondary N) is 1. The molecule has 2 fully saturated rings. The molecule has 0 unspecified atom stereocenters. The molecule has 2 saturated heterocycles. The van der Waals surface area contributed by atoms with Crippen molar-refractivity contribution in [3.8, 4) is 0 Å². The van der Waals surface area contributed by atoms with Crippen LogP contribution in [0.25, 0.3) is 0 Å². The fourth-order valence-corrected chi connectivity index (χ4v) is 4.23. The van der Waals surface area contributed by atoms with E-state index >= 15 is 0 Å². The van der Waals surface area contributed by atoms with Crippen molar-refractivity contribution in [1.82, 2.24) is 15.1 Å². The van der Waals surface area contributed by atoms with E-state index in [1.54, 1.807) is 28.0 Å². The van der Waals surface area contributed by atoms with Gasteiger partial charge >= 0.3 is 0 Å². The zero-order chi connectivity index (χ0) is 19.0. The number of carbonyl (C=O) groups is 3. The number of hydrogen-bond donors (Lipinski definition) is 1. The fraction of sp³-hybridized carbons (Fsp3) is 0.316. The first-order valence-electron chi connectivity index (χ1n) is 8.71. The van der Waals surface area contributed by atoms with Crippen LogP contribution in [0.4, 0.5) is 4.39 Å². The van der Waals surface area contributed by atoms with Gasteiger partial charge in [-0.2, -0.15) is 0 Å². The maximum Gasteiger partial charge on any atom is 0.264 e. The van der Waals surface area contributed by atoms with Crippen LogP contribution in [0.5, 0.6) is 0 Å². The molecule has 1 N–H and O–H groups in total. The first kappa shape index (κ1) is 17.7. The van der Waals surface area contributed by atoms with Crippen LogP contribution in [0.15, 0.2) is 41.8 Å². The fourth-order valence-electron chi connectivity index (χ4n) is 3.54. The predicted octanol–water partition coefficient (Wildman–Crippen LogP) is 1.28. The molecular formula is C19H18FN3O3S. The van der Waals surface area contributed by atoms with Gasteiger partial charge in [0.1, 0.15) is 17.9 Å². The minimum absolute atomic E-state index is 0.113. The lowest BCUT2D eigenvalue weighted by Crippen LogP contribution is -2.70. The van der Waals surface area contributed by atoms with Crippen LogP contribution < -0.4 is 5.32 Å². The molecule has 8 heteroatoms. The second-order valence-electron chi connectivity index (χ2n) is 6.67. The molecule has 0 spiro atoms. The molecule has 3 amide bonds. The smallest absolute Gasteiger partial charge is 0.264 e. The Morgan fingerprint density at radius 3 is 2.67 bits per heavy atom. The van der Waals surface area contributed by atoms with E-state index in [9.17, 15) is 18.8 Å². The third kappa shape index (κ3) is 3.44. The van der Waals surface area contributed by atoms with Crippen molar-refractivity contribution in [3.63, 3.8) is 0 Å². The molecule has 2 atom stereocenters. The summed E-state index contributed by atoms with van der Waals surface area (Å²) in [4.78, 5) is 41.7. The normalized spacial score (nSPS) is 22.4. The van der Waals surface area contributed by atoms with Gasteiger partial charge in [-0.1, -0.05) is 18.2 Å². The summed E-state index contributed by atoms with van der Waals surface area (Å²) >= 11 is 1.36. The largest absolute Gasteiger partial charge is 0.342 e. The van der Waals surface area contributed by atoms with Gasteiger partial charge in [0.15, 0.2) is 0 Å². The van der Waals surface area contributed by atoms with E-state index in [4.69, 9.17) is 0 Å². The summed E-state index contributed by atoms with van der Waals surface area (Å²) in [5.74, 6) is -0.875. The van der Waals surface area contributed by atoms with Crippen LogP contribution in [0, 0.1) is 5.82 Å². The van der Waals surface area contributed by atoms with Crippen molar-refractivity contribution >= 4 is 29.1 Å². The number of piperazine rings is 2. The Kier molecular flexibility index (Phi) is 4.65. The van der Waals surface area contributed by atoms with Gasteiger partial charge in [0.05, 0.1) is 11.4 Å². The number of thiophene rings is 1. The Labute approximate surface area is 159 Å². The molecule has 2 aliphatic heterocycles. The van der Waals surface area contributed by atoms with Gasteiger partial charge in [0.2, 0.25) is 11.8 Å². The molecule has 3 heterocycles. The Bertz CT molecular complexity index is 869. The van der Waals surface area contributed by atoms with E-state index in [1.165, 1.54) is 23.5 Å². The monoisotopic (exact) mass is 387 g/mol. The predicted molar refractivity (Wildman–Crippen MR) is 97.8 cm³/mol. The van der Waals surface area contributed by atoms with Gasteiger partial charge in [0, 0.05) is 19.5 Å². The highest BCUT2D eigenvalue weighted by Crippen LogP contribution is 2.21. The maximum atomic E-state index is 13.1. The van der Waals surface area contributed by atoms with Crippen molar-refractivity contribution in [1.29, 1.82) is 0 Å². The highest BCUT2D eigenvalue weighted by molar-refractivity contribution is 7.12. The molecule has 0 radical (unpaired) electrons. The molecule has 0 aliphatic carbocycles. The van der Waals surface area contributed by atoms with Crippen molar-refractivity contribution < 1.29 is 18.8 Å². The number of fused-ring (bicyclic) bond motifs is 1. The number of rotatable bonds is 3.